The Morgan fingerprint density at radius 2 is 1.97 bits per heavy atom. The molecule has 9 nitrogen and oxygen atoms in total. The van der Waals surface area contributed by atoms with E-state index in [0.717, 1.165) is 81.7 Å². The first-order valence-electron chi connectivity index (χ1n) is 11.3. The molecule has 1 unspecified atom stereocenters. The molecule has 2 aliphatic heterocycles. The highest BCUT2D eigenvalue weighted by Crippen LogP contribution is 2.25. The fourth-order valence-electron chi connectivity index (χ4n) is 3.93. The molecule has 0 radical (unpaired) electrons. The number of carbonyl (C=O) groups excluding carboxylic acids is 1. The zero-order chi connectivity index (χ0) is 22.9. The van der Waals surface area contributed by atoms with Gasteiger partial charge in [0.05, 0.1) is 20.3 Å². The number of methoxy groups -OCH3 is 2. The number of amides is 1. The molecular weight excluding hydrogens is 537 g/mol. The summed E-state index contributed by atoms with van der Waals surface area (Å²) in [4.78, 5) is 22.9. The number of piperazine rings is 1. The van der Waals surface area contributed by atoms with Crippen molar-refractivity contribution in [2.24, 2.45) is 4.99 Å². The number of carbonyl (C=O) groups is 1. The van der Waals surface area contributed by atoms with E-state index in [0.29, 0.717) is 0 Å². The van der Waals surface area contributed by atoms with Crippen molar-refractivity contribution in [3.63, 3.8) is 0 Å². The highest BCUT2D eigenvalue weighted by molar-refractivity contribution is 14.0. The van der Waals surface area contributed by atoms with Crippen molar-refractivity contribution >= 4 is 35.8 Å². The van der Waals surface area contributed by atoms with Gasteiger partial charge in [-0.05, 0) is 31.0 Å². The quantitative estimate of drug-likeness (QED) is 0.287. The molecule has 2 heterocycles. The van der Waals surface area contributed by atoms with Crippen LogP contribution in [0.2, 0.25) is 0 Å². The van der Waals surface area contributed by atoms with Crippen molar-refractivity contribution in [2.45, 2.75) is 25.5 Å². The molecule has 2 aliphatic rings. The van der Waals surface area contributed by atoms with Crippen molar-refractivity contribution in [1.29, 1.82) is 0 Å². The lowest BCUT2D eigenvalue weighted by atomic mass is 10.1. The molecule has 0 aliphatic carbocycles. The van der Waals surface area contributed by atoms with Gasteiger partial charge in [-0.3, -0.25) is 9.69 Å². The van der Waals surface area contributed by atoms with Crippen LogP contribution in [0.4, 0.5) is 0 Å². The fourth-order valence-corrected chi connectivity index (χ4v) is 3.93. The molecule has 1 atom stereocenters. The van der Waals surface area contributed by atoms with Crippen molar-refractivity contribution in [1.82, 2.24) is 20.0 Å². The third kappa shape index (κ3) is 8.18. The molecule has 1 aromatic carbocycles. The average Bonchev–Trinajstić information content (AvgIpc) is 3.33. The second-order valence-electron chi connectivity index (χ2n) is 8.38. The van der Waals surface area contributed by atoms with E-state index in [2.05, 4.69) is 20.1 Å². The van der Waals surface area contributed by atoms with Crippen LogP contribution in [0.5, 0.6) is 11.5 Å². The van der Waals surface area contributed by atoms with Gasteiger partial charge in [-0.25, -0.2) is 4.99 Å². The van der Waals surface area contributed by atoms with E-state index in [1.54, 1.807) is 33.2 Å². The van der Waals surface area contributed by atoms with Crippen molar-refractivity contribution in [3.8, 4) is 11.5 Å². The topological polar surface area (TPSA) is 78.9 Å². The Labute approximate surface area is 214 Å². The fraction of sp³-hybridized carbons (Fsp3) is 0.652. The molecule has 186 valence electrons. The Morgan fingerprint density at radius 1 is 1.21 bits per heavy atom. The molecule has 0 spiro atoms. The number of hydrogen-bond acceptors (Lipinski definition) is 6. The maximum absolute atomic E-state index is 12.1. The first-order valence-corrected chi connectivity index (χ1v) is 11.3. The van der Waals surface area contributed by atoms with Gasteiger partial charge < -0.3 is 29.3 Å². The van der Waals surface area contributed by atoms with Crippen LogP contribution >= 0.6 is 24.0 Å². The summed E-state index contributed by atoms with van der Waals surface area (Å²) in [6, 6.07) is 5.90. The normalized spacial score (nSPS) is 19.1. The Balaban J connectivity index is 0.00000385. The van der Waals surface area contributed by atoms with Gasteiger partial charge in [-0.1, -0.05) is 0 Å². The van der Waals surface area contributed by atoms with Gasteiger partial charge in [0.15, 0.2) is 5.96 Å². The summed E-state index contributed by atoms with van der Waals surface area (Å²) in [5.41, 5.74) is 1.11. The average molecular weight is 575 g/mol. The molecule has 2 fully saturated rings. The maximum Gasteiger partial charge on any atom is 0.243 e. The molecule has 2 saturated heterocycles. The Hall–Kier alpha value is -1.79. The highest BCUT2D eigenvalue weighted by Gasteiger charge is 2.23. The number of nitrogens with one attached hydrogen (secondary N) is 1. The number of nitrogens with zero attached hydrogens (tertiary/aromatic N) is 4. The molecule has 0 aromatic heterocycles. The van der Waals surface area contributed by atoms with Crippen molar-refractivity contribution < 1.29 is 19.0 Å². The van der Waals surface area contributed by atoms with Crippen LogP contribution in [0, 0.1) is 0 Å². The van der Waals surface area contributed by atoms with Crippen molar-refractivity contribution in [3.05, 3.63) is 23.8 Å². The van der Waals surface area contributed by atoms with Gasteiger partial charge in [-0.15, -0.1) is 24.0 Å². The lowest BCUT2D eigenvalue weighted by Crippen LogP contribution is -2.53. The number of aliphatic imine (C=N–C) groups is 1. The Kier molecular flexibility index (Phi) is 11.5. The molecule has 1 N–H and O–H groups in total. The highest BCUT2D eigenvalue weighted by atomic mass is 127. The first kappa shape index (κ1) is 27.5. The van der Waals surface area contributed by atoms with Gasteiger partial charge in [0, 0.05) is 65.5 Å². The predicted octanol–water partition coefficient (Wildman–Crippen LogP) is 1.65. The standard InChI is InChI=1S/C23H37N5O4.HI/c1-26(2)22(29)16-25-23(24-15-20-6-5-13-32-20)28-11-9-27(10-12-28)17-18-14-19(30-3)7-8-21(18)31-4;/h7-8,14,20H,5-6,9-13,15-17H2,1-4H3,(H,24,25);1H. The largest absolute Gasteiger partial charge is 0.497 e. The SMILES string of the molecule is COc1ccc(OC)c(CN2CCN(C(=NCC(=O)N(C)C)NCC3CCCO3)CC2)c1.I. The van der Waals surface area contributed by atoms with Crippen LogP contribution in [0.15, 0.2) is 23.2 Å². The molecular formula is C23H38IN5O4. The number of guanidine groups is 1. The van der Waals surface area contributed by atoms with E-state index in [4.69, 9.17) is 14.2 Å². The third-order valence-electron chi connectivity index (χ3n) is 5.93. The molecule has 33 heavy (non-hydrogen) atoms. The van der Waals surface area contributed by atoms with E-state index in [1.807, 2.05) is 18.2 Å². The number of halogens is 1. The molecule has 3 rings (SSSR count). The van der Waals surface area contributed by atoms with E-state index >= 15 is 0 Å². The van der Waals surface area contributed by atoms with Crippen LogP contribution in [-0.4, -0.2) is 107 Å². The molecule has 1 aromatic rings. The van der Waals surface area contributed by atoms with E-state index in [1.165, 1.54) is 0 Å². The van der Waals surface area contributed by atoms with Gasteiger partial charge in [-0.2, -0.15) is 0 Å². The summed E-state index contributed by atoms with van der Waals surface area (Å²) >= 11 is 0. The van der Waals surface area contributed by atoms with E-state index in [9.17, 15) is 4.79 Å². The summed E-state index contributed by atoms with van der Waals surface area (Å²) in [5.74, 6) is 2.48. The van der Waals surface area contributed by atoms with Crippen LogP contribution in [0.25, 0.3) is 0 Å². The summed E-state index contributed by atoms with van der Waals surface area (Å²) in [7, 11) is 6.88. The Bertz CT molecular complexity index is 778. The second-order valence-corrected chi connectivity index (χ2v) is 8.38. The minimum atomic E-state index is -0.00910. The van der Waals surface area contributed by atoms with Crippen LogP contribution < -0.4 is 14.8 Å². The second kappa shape index (κ2) is 13.8. The summed E-state index contributed by atoms with van der Waals surface area (Å²) in [6.45, 7) is 5.93. The van der Waals surface area contributed by atoms with Gasteiger partial charge in [0.25, 0.3) is 0 Å². The zero-order valence-corrected chi connectivity index (χ0v) is 22.5. The summed E-state index contributed by atoms with van der Waals surface area (Å²) < 4.78 is 16.6. The smallest absolute Gasteiger partial charge is 0.243 e. The third-order valence-corrected chi connectivity index (χ3v) is 5.93. The van der Waals surface area contributed by atoms with Crippen LogP contribution in [0.1, 0.15) is 18.4 Å². The minimum Gasteiger partial charge on any atom is -0.497 e. The monoisotopic (exact) mass is 575 g/mol. The Morgan fingerprint density at radius 3 is 2.58 bits per heavy atom. The lowest BCUT2D eigenvalue weighted by Gasteiger charge is -2.37. The lowest BCUT2D eigenvalue weighted by molar-refractivity contribution is -0.127. The number of benzene rings is 1. The number of ether oxygens (including phenoxy) is 3. The van der Waals surface area contributed by atoms with Gasteiger partial charge >= 0.3 is 0 Å². The molecule has 0 bridgehead atoms. The zero-order valence-electron chi connectivity index (χ0n) is 20.2. The maximum atomic E-state index is 12.1. The number of likely N-dealkylation sites (N-methyl/N-ethyl adjacent to an activating group) is 1. The van der Waals surface area contributed by atoms with Crippen LogP contribution in [0.3, 0.4) is 0 Å². The van der Waals surface area contributed by atoms with Gasteiger partial charge in [0.1, 0.15) is 18.0 Å². The predicted molar refractivity (Wildman–Crippen MR) is 140 cm³/mol. The molecule has 0 saturated carbocycles. The van der Waals surface area contributed by atoms with E-state index in [-0.39, 0.29) is 42.5 Å². The number of rotatable bonds is 8. The van der Waals surface area contributed by atoms with E-state index < -0.39 is 0 Å². The minimum absolute atomic E-state index is 0. The van der Waals surface area contributed by atoms with Crippen molar-refractivity contribution in [2.75, 3.05) is 74.2 Å². The summed E-state index contributed by atoms with van der Waals surface area (Å²) in [6.07, 6.45) is 2.38. The first-order chi connectivity index (χ1) is 15.5. The number of hydrogen-bond donors (Lipinski definition) is 1. The molecule has 10 heteroatoms. The molecule has 1 amide bonds. The van der Waals surface area contributed by atoms with Gasteiger partial charge in [0.2, 0.25) is 5.91 Å². The summed E-state index contributed by atoms with van der Waals surface area (Å²) in [5, 5.41) is 3.45. The van der Waals surface area contributed by atoms with Crippen LogP contribution in [-0.2, 0) is 16.1 Å².